The van der Waals surface area contributed by atoms with E-state index in [1.54, 1.807) is 0 Å². The van der Waals surface area contributed by atoms with Gasteiger partial charge in [0.05, 0.1) is 5.41 Å². The Kier molecular flexibility index (Phi) is 8.78. The number of rotatable bonds is 5. The van der Waals surface area contributed by atoms with Gasteiger partial charge in [-0.25, -0.2) is 0 Å². The van der Waals surface area contributed by atoms with Gasteiger partial charge in [0.25, 0.3) is 0 Å². The SMILES string of the molecule is [2H]C1(c2cccc(-c3ccc(N(c4ccc5c(c4)-c4ccccc4C5(C)C)c4ccc5c(c4)C4(c6ccccc6-5)c5cc(C(C)(C)C)ccc5-c5ccc(C(C)(C)C)cc54)cc3)c2)CCCC1. The second-order valence-electron chi connectivity index (χ2n) is 22.2. The molecule has 8 aromatic carbocycles. The van der Waals surface area contributed by atoms with Crippen molar-refractivity contribution in [2.24, 2.45) is 0 Å². The van der Waals surface area contributed by atoms with Gasteiger partial charge in [0.1, 0.15) is 0 Å². The largest absolute Gasteiger partial charge is 0.310 e. The molecule has 1 heteroatoms. The number of fused-ring (bicyclic) bond motifs is 13. The molecule has 0 unspecified atom stereocenters. The summed E-state index contributed by atoms with van der Waals surface area (Å²) in [6.45, 7) is 18.8. The minimum atomic E-state index is -0.509. The van der Waals surface area contributed by atoms with Crippen LogP contribution in [0.5, 0.6) is 0 Å². The molecule has 326 valence electrons. The molecule has 0 amide bonds. The predicted octanol–water partition coefficient (Wildman–Crippen LogP) is 17.7. The molecule has 1 fully saturated rings. The second-order valence-corrected chi connectivity index (χ2v) is 22.2. The van der Waals surface area contributed by atoms with Crippen LogP contribution in [0.4, 0.5) is 17.1 Å². The maximum Gasteiger partial charge on any atom is 0.0726 e. The van der Waals surface area contributed by atoms with Crippen molar-refractivity contribution in [3.8, 4) is 44.5 Å². The van der Waals surface area contributed by atoms with Crippen LogP contribution in [0, 0.1) is 0 Å². The summed E-state index contributed by atoms with van der Waals surface area (Å²) in [5.74, 6) is -0.485. The van der Waals surface area contributed by atoms with Crippen LogP contribution in [0.1, 0.15) is 138 Å². The van der Waals surface area contributed by atoms with Crippen LogP contribution in [0.25, 0.3) is 44.5 Å². The van der Waals surface area contributed by atoms with Gasteiger partial charge in [-0.15, -0.1) is 0 Å². The van der Waals surface area contributed by atoms with Gasteiger partial charge in [0.2, 0.25) is 0 Å². The lowest BCUT2D eigenvalue weighted by Crippen LogP contribution is -2.27. The minimum absolute atomic E-state index is 0.0193. The van der Waals surface area contributed by atoms with E-state index < -0.39 is 11.3 Å². The summed E-state index contributed by atoms with van der Waals surface area (Å²) in [5, 5.41) is 0. The zero-order chi connectivity index (χ0) is 46.3. The number of hydrogen-bond donors (Lipinski definition) is 0. The third kappa shape index (κ3) is 6.04. The molecule has 4 aliphatic carbocycles. The van der Waals surface area contributed by atoms with Crippen LogP contribution in [0.3, 0.4) is 0 Å². The Morgan fingerprint density at radius 3 is 1.56 bits per heavy atom. The van der Waals surface area contributed by atoms with E-state index in [1.165, 1.54) is 89.0 Å². The lowest BCUT2D eigenvalue weighted by molar-refractivity contribution is 0.586. The molecular formula is C65H61N. The summed E-state index contributed by atoms with van der Waals surface area (Å²) < 4.78 is 9.29. The molecule has 0 bridgehead atoms. The molecule has 0 saturated heterocycles. The predicted molar refractivity (Wildman–Crippen MR) is 279 cm³/mol. The van der Waals surface area contributed by atoms with Gasteiger partial charge >= 0.3 is 0 Å². The van der Waals surface area contributed by atoms with Crippen molar-refractivity contribution in [1.29, 1.82) is 0 Å². The smallest absolute Gasteiger partial charge is 0.0726 e. The fraction of sp³-hybridized carbons (Fsp3) is 0.262. The number of benzene rings is 8. The minimum Gasteiger partial charge on any atom is -0.310 e. The maximum atomic E-state index is 9.29. The molecule has 66 heavy (non-hydrogen) atoms. The van der Waals surface area contributed by atoms with Crippen LogP contribution in [0.15, 0.2) is 170 Å². The molecule has 1 spiro atoms. The number of anilines is 3. The van der Waals surface area contributed by atoms with Gasteiger partial charge in [-0.1, -0.05) is 202 Å². The van der Waals surface area contributed by atoms with Gasteiger partial charge in [-0.2, -0.15) is 0 Å². The monoisotopic (exact) mass is 856 g/mol. The van der Waals surface area contributed by atoms with Crippen molar-refractivity contribution in [1.82, 2.24) is 0 Å². The second kappa shape index (κ2) is 14.5. The van der Waals surface area contributed by atoms with Crippen LogP contribution < -0.4 is 4.90 Å². The Bertz CT molecular complexity index is 3240. The van der Waals surface area contributed by atoms with E-state index in [0.29, 0.717) is 0 Å². The average molecular weight is 857 g/mol. The van der Waals surface area contributed by atoms with E-state index in [2.05, 4.69) is 230 Å². The van der Waals surface area contributed by atoms with Crippen LogP contribution in [-0.2, 0) is 21.7 Å². The normalized spacial score (nSPS) is 16.8. The first-order valence-electron chi connectivity index (χ1n) is 24.9. The zero-order valence-corrected chi connectivity index (χ0v) is 39.9. The van der Waals surface area contributed by atoms with Gasteiger partial charge in [-0.05, 0) is 161 Å². The van der Waals surface area contributed by atoms with Crippen molar-refractivity contribution in [2.45, 2.75) is 109 Å². The molecule has 0 N–H and O–H groups in total. The lowest BCUT2D eigenvalue weighted by atomic mass is 9.68. The highest BCUT2D eigenvalue weighted by Gasteiger charge is 2.52. The molecule has 1 saturated carbocycles. The highest BCUT2D eigenvalue weighted by Crippen LogP contribution is 2.64. The summed E-state index contributed by atoms with van der Waals surface area (Å²) in [6, 6.07) is 65.3. The summed E-state index contributed by atoms with van der Waals surface area (Å²) >= 11 is 0. The third-order valence-corrected chi connectivity index (χ3v) is 15.9. The first kappa shape index (κ1) is 39.9. The van der Waals surface area contributed by atoms with E-state index in [4.69, 9.17) is 0 Å². The van der Waals surface area contributed by atoms with E-state index in [-0.39, 0.29) is 16.2 Å². The lowest BCUT2D eigenvalue weighted by Gasteiger charge is -2.34. The molecule has 0 heterocycles. The average Bonchev–Trinajstić information content (AvgIpc) is 4.05. The van der Waals surface area contributed by atoms with Crippen molar-refractivity contribution >= 4 is 17.1 Å². The zero-order valence-electron chi connectivity index (χ0n) is 40.9. The highest BCUT2D eigenvalue weighted by atomic mass is 15.1. The van der Waals surface area contributed by atoms with Gasteiger partial charge in [0, 0.05) is 23.8 Å². The molecule has 0 atom stereocenters. The van der Waals surface area contributed by atoms with Crippen molar-refractivity contribution in [2.75, 3.05) is 4.90 Å². The Hall–Kier alpha value is -6.44. The molecule has 12 rings (SSSR count). The van der Waals surface area contributed by atoms with Crippen molar-refractivity contribution in [3.63, 3.8) is 0 Å². The Morgan fingerprint density at radius 2 is 0.924 bits per heavy atom. The Balaban J connectivity index is 1.09. The highest BCUT2D eigenvalue weighted by molar-refractivity contribution is 5.97. The molecule has 4 aliphatic rings. The molecule has 8 aromatic rings. The van der Waals surface area contributed by atoms with Gasteiger partial charge < -0.3 is 4.90 Å². The summed E-state index contributed by atoms with van der Waals surface area (Å²) in [6.07, 6.45) is 4.14. The van der Waals surface area contributed by atoms with Crippen LogP contribution in [0.2, 0.25) is 0 Å². The standard InChI is InChI=1S/C65H61N/c1-62(2,3)45-26-32-52-53-33-27-46(63(4,5)6)38-60(53)65(59(52)37-45)58-23-14-12-20-50(58)54-34-30-49(40-61(54)65)66(48-31-35-57-55(39-48)51-21-11-13-22-56(51)64(57,7)8)47-28-24-42(25-29-47)44-19-15-18-43(36-44)41-16-9-10-17-41/h11-15,18-41H,9-10,16-17H2,1-8H3/i41D. The molecule has 0 aliphatic heterocycles. The molecule has 0 radical (unpaired) electrons. The molecule has 1 nitrogen and oxygen atoms in total. The summed E-state index contributed by atoms with van der Waals surface area (Å²) in [5.41, 5.74) is 25.1. The van der Waals surface area contributed by atoms with Crippen LogP contribution >= 0.6 is 0 Å². The fourth-order valence-corrected chi connectivity index (χ4v) is 12.4. The quantitative estimate of drug-likeness (QED) is 0.167. The molecule has 0 aromatic heterocycles. The summed E-state index contributed by atoms with van der Waals surface area (Å²) in [7, 11) is 0. The first-order chi connectivity index (χ1) is 32.1. The van der Waals surface area contributed by atoms with Crippen LogP contribution in [-0.4, -0.2) is 0 Å². The van der Waals surface area contributed by atoms with E-state index in [1.807, 2.05) is 0 Å². The van der Waals surface area contributed by atoms with E-state index in [9.17, 15) is 1.37 Å². The van der Waals surface area contributed by atoms with E-state index in [0.717, 1.165) is 48.3 Å². The van der Waals surface area contributed by atoms with Gasteiger partial charge in [0.15, 0.2) is 0 Å². The van der Waals surface area contributed by atoms with E-state index >= 15 is 0 Å². The van der Waals surface area contributed by atoms with Crippen molar-refractivity contribution in [3.05, 3.63) is 220 Å². The fourth-order valence-electron chi connectivity index (χ4n) is 12.4. The van der Waals surface area contributed by atoms with Crippen molar-refractivity contribution < 1.29 is 1.37 Å². The topological polar surface area (TPSA) is 3.24 Å². The van der Waals surface area contributed by atoms with Gasteiger partial charge in [-0.3, -0.25) is 0 Å². The first-order valence-corrected chi connectivity index (χ1v) is 24.4. The Morgan fingerprint density at radius 1 is 0.424 bits per heavy atom. The Labute approximate surface area is 394 Å². The number of hydrogen-bond acceptors (Lipinski definition) is 1. The number of nitrogens with zero attached hydrogens (tertiary/aromatic N) is 1. The summed E-state index contributed by atoms with van der Waals surface area (Å²) in [4.78, 5) is 2.50. The molecular weight excluding hydrogens is 795 g/mol. The maximum absolute atomic E-state index is 9.29. The third-order valence-electron chi connectivity index (χ3n) is 15.9.